The van der Waals surface area contributed by atoms with Crippen LogP contribution >= 0.6 is 27.5 Å². The summed E-state index contributed by atoms with van der Waals surface area (Å²) in [6, 6.07) is 6.33. The van der Waals surface area contributed by atoms with Crippen LogP contribution < -0.4 is 4.74 Å². The Hall–Kier alpha value is -1.66. The molecule has 7 heteroatoms. The maximum Gasteiger partial charge on any atom is 0.335 e. The fraction of sp³-hybridized carbons (Fsp3) is 0. The first-order valence-electron chi connectivity index (χ1n) is 4.99. The molecule has 4 nitrogen and oxygen atoms in total. The molecule has 2 rings (SSSR count). The molecule has 1 heterocycles. The number of hydrogen-bond donors (Lipinski definition) is 1. The highest BCUT2D eigenvalue weighted by Crippen LogP contribution is 2.26. The molecule has 0 atom stereocenters. The van der Waals surface area contributed by atoms with Crippen molar-refractivity contribution >= 4 is 33.5 Å². The van der Waals surface area contributed by atoms with E-state index in [2.05, 4.69) is 20.9 Å². The summed E-state index contributed by atoms with van der Waals surface area (Å²) in [4.78, 5) is 14.7. The lowest BCUT2D eigenvalue weighted by molar-refractivity contribution is 0.0696. The second-order valence-corrected chi connectivity index (χ2v) is 4.83. The summed E-state index contributed by atoms with van der Waals surface area (Å²) in [7, 11) is 0. The molecule has 19 heavy (non-hydrogen) atoms. The smallest absolute Gasteiger partial charge is 0.335 e. The van der Waals surface area contributed by atoms with Gasteiger partial charge in [0, 0.05) is 16.6 Å². The molecule has 1 aromatic carbocycles. The maximum atomic E-state index is 13.2. The van der Waals surface area contributed by atoms with E-state index in [9.17, 15) is 9.18 Å². The molecule has 0 radical (unpaired) electrons. The van der Waals surface area contributed by atoms with Crippen LogP contribution in [0.4, 0.5) is 4.39 Å². The van der Waals surface area contributed by atoms with E-state index in [0.29, 0.717) is 4.47 Å². The largest absolute Gasteiger partial charge is 0.478 e. The normalized spacial score (nSPS) is 10.3. The van der Waals surface area contributed by atoms with Crippen LogP contribution in [0, 0.1) is 5.82 Å². The molecule has 0 bridgehead atoms. The van der Waals surface area contributed by atoms with Crippen molar-refractivity contribution < 1.29 is 19.0 Å². The van der Waals surface area contributed by atoms with Gasteiger partial charge < -0.3 is 9.84 Å². The van der Waals surface area contributed by atoms with Crippen LogP contribution in [0.5, 0.6) is 11.6 Å². The number of aromatic carboxylic acids is 1. The van der Waals surface area contributed by atoms with Gasteiger partial charge >= 0.3 is 5.97 Å². The number of carboxylic acids is 1. The molecule has 1 aromatic heterocycles. The van der Waals surface area contributed by atoms with E-state index < -0.39 is 11.8 Å². The summed E-state index contributed by atoms with van der Waals surface area (Å²) < 4.78 is 18.9. The number of benzene rings is 1. The zero-order chi connectivity index (χ0) is 14.0. The van der Waals surface area contributed by atoms with Gasteiger partial charge in [-0.15, -0.1) is 0 Å². The number of nitrogens with zero attached hydrogens (tertiary/aromatic N) is 1. The Kier molecular flexibility index (Phi) is 4.01. The van der Waals surface area contributed by atoms with Crippen molar-refractivity contribution in [1.82, 2.24) is 4.98 Å². The van der Waals surface area contributed by atoms with Gasteiger partial charge in [-0.25, -0.2) is 14.2 Å². The van der Waals surface area contributed by atoms with Crippen LogP contribution in [0.2, 0.25) is 5.15 Å². The SMILES string of the molecule is O=C(O)c1cc(Cl)nc(Oc2cc(F)cc(Br)c2)c1. The Morgan fingerprint density at radius 3 is 2.68 bits per heavy atom. The monoisotopic (exact) mass is 345 g/mol. The summed E-state index contributed by atoms with van der Waals surface area (Å²) in [6.45, 7) is 0. The Morgan fingerprint density at radius 1 is 1.32 bits per heavy atom. The van der Waals surface area contributed by atoms with Gasteiger partial charge in [0.15, 0.2) is 0 Å². The van der Waals surface area contributed by atoms with Gasteiger partial charge in [-0.05, 0) is 18.2 Å². The number of halogens is 3. The molecule has 0 saturated heterocycles. The van der Waals surface area contributed by atoms with Crippen LogP contribution in [-0.2, 0) is 0 Å². The molecular formula is C12H6BrClFNO3. The number of carboxylic acid groups (broad SMARTS) is 1. The van der Waals surface area contributed by atoms with Gasteiger partial charge in [0.05, 0.1) is 5.56 Å². The van der Waals surface area contributed by atoms with Gasteiger partial charge in [-0.1, -0.05) is 27.5 Å². The lowest BCUT2D eigenvalue weighted by Crippen LogP contribution is -1.98. The third kappa shape index (κ3) is 3.65. The van der Waals surface area contributed by atoms with Crippen molar-refractivity contribution in [3.63, 3.8) is 0 Å². The highest BCUT2D eigenvalue weighted by molar-refractivity contribution is 9.10. The second-order valence-electron chi connectivity index (χ2n) is 3.53. The van der Waals surface area contributed by atoms with Crippen LogP contribution in [0.15, 0.2) is 34.8 Å². The minimum Gasteiger partial charge on any atom is -0.478 e. The van der Waals surface area contributed by atoms with Crippen molar-refractivity contribution in [2.75, 3.05) is 0 Å². The van der Waals surface area contributed by atoms with Crippen molar-refractivity contribution in [2.24, 2.45) is 0 Å². The molecule has 2 aromatic rings. The van der Waals surface area contributed by atoms with Gasteiger partial charge in [0.1, 0.15) is 16.7 Å². The van der Waals surface area contributed by atoms with Crippen LogP contribution in [0.25, 0.3) is 0 Å². The highest BCUT2D eigenvalue weighted by Gasteiger charge is 2.10. The number of rotatable bonds is 3. The Bertz CT molecular complexity index is 631. The van der Waals surface area contributed by atoms with E-state index in [1.165, 1.54) is 24.3 Å². The molecule has 0 amide bonds. The Labute approximate surface area is 120 Å². The first-order valence-corrected chi connectivity index (χ1v) is 6.16. The third-order valence-corrected chi connectivity index (χ3v) is 2.73. The van der Waals surface area contributed by atoms with E-state index in [-0.39, 0.29) is 22.3 Å². The van der Waals surface area contributed by atoms with Crippen LogP contribution in [0.1, 0.15) is 10.4 Å². The standard InChI is InChI=1S/C12H6BrClFNO3/c13-7-3-8(15)5-9(4-7)19-11-2-6(12(17)18)1-10(14)16-11/h1-5H,(H,17,18). The zero-order valence-electron chi connectivity index (χ0n) is 9.23. The lowest BCUT2D eigenvalue weighted by Gasteiger charge is -2.06. The summed E-state index contributed by atoms with van der Waals surface area (Å²) >= 11 is 8.80. The molecule has 0 aliphatic rings. The van der Waals surface area contributed by atoms with Crippen molar-refractivity contribution in [2.45, 2.75) is 0 Å². The molecule has 0 aliphatic carbocycles. The number of carbonyl (C=O) groups is 1. The number of pyridine rings is 1. The second kappa shape index (κ2) is 5.54. The van der Waals surface area contributed by atoms with E-state index in [4.69, 9.17) is 21.4 Å². The van der Waals surface area contributed by atoms with Gasteiger partial charge in [-0.3, -0.25) is 0 Å². The van der Waals surface area contributed by atoms with E-state index in [0.717, 1.165) is 6.07 Å². The first kappa shape index (κ1) is 13.8. The number of ether oxygens (including phenoxy) is 1. The Morgan fingerprint density at radius 2 is 2.05 bits per heavy atom. The fourth-order valence-corrected chi connectivity index (χ4v) is 2.00. The van der Waals surface area contributed by atoms with E-state index >= 15 is 0 Å². The Balaban J connectivity index is 2.35. The quantitative estimate of drug-likeness (QED) is 0.849. The molecule has 0 spiro atoms. The highest BCUT2D eigenvalue weighted by atomic mass is 79.9. The fourth-order valence-electron chi connectivity index (χ4n) is 1.36. The van der Waals surface area contributed by atoms with Crippen LogP contribution in [-0.4, -0.2) is 16.1 Å². The van der Waals surface area contributed by atoms with Crippen molar-refractivity contribution in [3.05, 3.63) is 51.3 Å². The average Bonchev–Trinajstić information content (AvgIpc) is 2.26. The lowest BCUT2D eigenvalue weighted by atomic mass is 10.3. The minimum absolute atomic E-state index is 0.0228. The predicted molar refractivity (Wildman–Crippen MR) is 70.4 cm³/mol. The number of aromatic nitrogens is 1. The molecule has 1 N–H and O–H groups in total. The molecule has 0 aliphatic heterocycles. The van der Waals surface area contributed by atoms with E-state index in [1.54, 1.807) is 0 Å². The molecular weight excluding hydrogens is 340 g/mol. The third-order valence-electron chi connectivity index (χ3n) is 2.08. The average molecular weight is 347 g/mol. The molecule has 98 valence electrons. The van der Waals surface area contributed by atoms with Gasteiger partial charge in [-0.2, -0.15) is 0 Å². The predicted octanol–water partition coefficient (Wildman–Crippen LogP) is 4.13. The molecule has 0 fully saturated rings. The first-order chi connectivity index (χ1) is 8.94. The summed E-state index contributed by atoms with van der Waals surface area (Å²) in [5.41, 5.74) is -0.0644. The summed E-state index contributed by atoms with van der Waals surface area (Å²) in [5.74, 6) is -1.50. The maximum absolute atomic E-state index is 13.2. The topological polar surface area (TPSA) is 59.4 Å². The summed E-state index contributed by atoms with van der Waals surface area (Å²) in [5, 5.41) is 8.86. The van der Waals surface area contributed by atoms with Crippen molar-refractivity contribution in [1.29, 1.82) is 0 Å². The van der Waals surface area contributed by atoms with Gasteiger partial charge in [0.2, 0.25) is 5.88 Å². The number of hydrogen-bond acceptors (Lipinski definition) is 3. The van der Waals surface area contributed by atoms with Crippen molar-refractivity contribution in [3.8, 4) is 11.6 Å². The van der Waals surface area contributed by atoms with E-state index in [1.807, 2.05) is 0 Å². The van der Waals surface area contributed by atoms with Crippen LogP contribution in [0.3, 0.4) is 0 Å². The molecule has 0 unspecified atom stereocenters. The minimum atomic E-state index is -1.16. The molecule has 0 saturated carbocycles. The van der Waals surface area contributed by atoms with Gasteiger partial charge in [0.25, 0.3) is 0 Å². The summed E-state index contributed by atoms with van der Waals surface area (Å²) in [6.07, 6.45) is 0. The zero-order valence-corrected chi connectivity index (χ0v) is 11.6.